The topological polar surface area (TPSA) is 72.7 Å². The van der Waals surface area contributed by atoms with Crippen LogP contribution in [0.4, 0.5) is 5.69 Å². The summed E-state index contributed by atoms with van der Waals surface area (Å²) in [5.41, 5.74) is 3.20. The van der Waals surface area contributed by atoms with Crippen LogP contribution in [0.3, 0.4) is 0 Å². The molecular formula is C18H13N5OS. The highest BCUT2D eigenvalue weighted by atomic mass is 32.1. The van der Waals surface area contributed by atoms with E-state index >= 15 is 0 Å². The standard InChI is InChI=1S/C18H13N5OS/c24-17(13-3-7-16(8-4-13)23-12-19-11-21-23)22-15-5-1-14(2-6-15)18-20-9-10-25-18/h1-12H,(H,22,24). The molecule has 0 aliphatic carbocycles. The number of hydrogen-bond donors (Lipinski definition) is 1. The number of amides is 1. The summed E-state index contributed by atoms with van der Waals surface area (Å²) < 4.78 is 1.64. The molecule has 2 heterocycles. The van der Waals surface area contributed by atoms with Crippen molar-refractivity contribution in [2.75, 3.05) is 5.32 Å². The van der Waals surface area contributed by atoms with E-state index in [-0.39, 0.29) is 5.91 Å². The van der Waals surface area contributed by atoms with Crippen molar-refractivity contribution in [2.24, 2.45) is 0 Å². The molecule has 7 heteroatoms. The summed E-state index contributed by atoms with van der Waals surface area (Å²) in [7, 11) is 0. The SMILES string of the molecule is O=C(Nc1ccc(-c2nccs2)cc1)c1ccc(-n2cncn2)cc1. The van der Waals surface area contributed by atoms with Crippen LogP contribution in [-0.4, -0.2) is 25.7 Å². The van der Waals surface area contributed by atoms with Crippen molar-refractivity contribution in [2.45, 2.75) is 0 Å². The van der Waals surface area contributed by atoms with Gasteiger partial charge in [0.2, 0.25) is 0 Å². The van der Waals surface area contributed by atoms with E-state index in [4.69, 9.17) is 0 Å². The highest BCUT2D eigenvalue weighted by Gasteiger charge is 2.07. The van der Waals surface area contributed by atoms with Gasteiger partial charge < -0.3 is 5.32 Å². The molecule has 0 atom stereocenters. The van der Waals surface area contributed by atoms with Crippen molar-refractivity contribution in [3.8, 4) is 16.3 Å². The fourth-order valence-corrected chi connectivity index (χ4v) is 3.02. The molecule has 2 aromatic carbocycles. The van der Waals surface area contributed by atoms with Gasteiger partial charge in [0, 0.05) is 28.4 Å². The van der Waals surface area contributed by atoms with Gasteiger partial charge >= 0.3 is 0 Å². The first-order valence-corrected chi connectivity index (χ1v) is 8.44. The number of rotatable bonds is 4. The molecule has 0 aliphatic heterocycles. The number of anilines is 1. The quantitative estimate of drug-likeness (QED) is 0.612. The van der Waals surface area contributed by atoms with Gasteiger partial charge in [-0.25, -0.2) is 14.6 Å². The van der Waals surface area contributed by atoms with Crippen LogP contribution in [0.1, 0.15) is 10.4 Å². The minimum absolute atomic E-state index is 0.160. The van der Waals surface area contributed by atoms with Crippen LogP contribution in [0, 0.1) is 0 Å². The highest BCUT2D eigenvalue weighted by molar-refractivity contribution is 7.13. The third-order valence-electron chi connectivity index (χ3n) is 3.63. The van der Waals surface area contributed by atoms with Crippen LogP contribution in [0.15, 0.2) is 72.8 Å². The van der Waals surface area contributed by atoms with Crippen LogP contribution in [0.2, 0.25) is 0 Å². The number of carbonyl (C=O) groups is 1. The molecule has 0 aliphatic rings. The van der Waals surface area contributed by atoms with Gasteiger partial charge in [-0.2, -0.15) is 5.10 Å². The van der Waals surface area contributed by atoms with E-state index in [2.05, 4.69) is 20.4 Å². The smallest absolute Gasteiger partial charge is 0.255 e. The van der Waals surface area contributed by atoms with Crippen LogP contribution in [-0.2, 0) is 0 Å². The minimum atomic E-state index is -0.160. The molecule has 0 saturated heterocycles. The van der Waals surface area contributed by atoms with Gasteiger partial charge in [-0.05, 0) is 48.5 Å². The Morgan fingerprint density at radius 1 is 1.04 bits per heavy atom. The second-order valence-electron chi connectivity index (χ2n) is 5.26. The highest BCUT2D eigenvalue weighted by Crippen LogP contribution is 2.23. The van der Waals surface area contributed by atoms with Gasteiger partial charge in [0.25, 0.3) is 5.91 Å². The lowest BCUT2D eigenvalue weighted by Gasteiger charge is -2.07. The number of thiazole rings is 1. The number of benzene rings is 2. The van der Waals surface area contributed by atoms with Gasteiger partial charge in [0.1, 0.15) is 17.7 Å². The van der Waals surface area contributed by atoms with Crippen molar-refractivity contribution >= 4 is 22.9 Å². The van der Waals surface area contributed by atoms with E-state index < -0.39 is 0 Å². The summed E-state index contributed by atoms with van der Waals surface area (Å²) in [6.45, 7) is 0. The first kappa shape index (κ1) is 15.2. The first-order chi connectivity index (χ1) is 12.3. The fourth-order valence-electron chi connectivity index (χ4n) is 2.37. The normalized spacial score (nSPS) is 10.6. The molecule has 0 radical (unpaired) electrons. The van der Waals surface area contributed by atoms with Gasteiger partial charge in [-0.15, -0.1) is 11.3 Å². The van der Waals surface area contributed by atoms with Gasteiger partial charge in [-0.3, -0.25) is 4.79 Å². The van der Waals surface area contributed by atoms with E-state index in [1.165, 1.54) is 6.33 Å². The summed E-state index contributed by atoms with van der Waals surface area (Å²) in [6, 6.07) is 14.8. The first-order valence-electron chi connectivity index (χ1n) is 7.56. The summed E-state index contributed by atoms with van der Waals surface area (Å²) in [5.74, 6) is -0.160. The lowest BCUT2D eigenvalue weighted by atomic mass is 10.1. The molecule has 0 spiro atoms. The van der Waals surface area contributed by atoms with Crippen molar-refractivity contribution in [3.05, 3.63) is 78.3 Å². The molecule has 25 heavy (non-hydrogen) atoms. The maximum atomic E-state index is 12.4. The molecule has 1 N–H and O–H groups in total. The monoisotopic (exact) mass is 347 g/mol. The molecular weight excluding hydrogens is 334 g/mol. The molecule has 0 saturated carbocycles. The summed E-state index contributed by atoms with van der Waals surface area (Å²) in [6.07, 6.45) is 4.85. The summed E-state index contributed by atoms with van der Waals surface area (Å²) >= 11 is 1.58. The number of hydrogen-bond acceptors (Lipinski definition) is 5. The maximum Gasteiger partial charge on any atom is 0.255 e. The van der Waals surface area contributed by atoms with Crippen molar-refractivity contribution in [3.63, 3.8) is 0 Å². The van der Waals surface area contributed by atoms with Gasteiger partial charge in [-0.1, -0.05) is 0 Å². The zero-order valence-corrected chi connectivity index (χ0v) is 13.9. The third kappa shape index (κ3) is 3.31. The zero-order valence-electron chi connectivity index (χ0n) is 13.0. The molecule has 4 rings (SSSR count). The molecule has 2 aromatic heterocycles. The van der Waals surface area contributed by atoms with E-state index in [9.17, 15) is 4.79 Å². The Labute approximate surface area is 147 Å². The van der Waals surface area contributed by atoms with Gasteiger partial charge in [0.15, 0.2) is 0 Å². The van der Waals surface area contributed by atoms with Crippen LogP contribution in [0.5, 0.6) is 0 Å². The Hall–Kier alpha value is -3.32. The molecule has 6 nitrogen and oxygen atoms in total. The van der Waals surface area contributed by atoms with E-state index in [0.29, 0.717) is 5.56 Å². The Morgan fingerprint density at radius 2 is 1.84 bits per heavy atom. The Balaban J connectivity index is 1.46. The molecule has 4 aromatic rings. The van der Waals surface area contributed by atoms with Crippen LogP contribution < -0.4 is 5.32 Å². The van der Waals surface area contributed by atoms with E-state index in [1.54, 1.807) is 40.7 Å². The van der Waals surface area contributed by atoms with Crippen molar-refractivity contribution < 1.29 is 4.79 Å². The number of aromatic nitrogens is 4. The molecule has 0 bridgehead atoms. The lowest BCUT2D eigenvalue weighted by molar-refractivity contribution is 0.102. The van der Waals surface area contributed by atoms with Crippen molar-refractivity contribution in [1.29, 1.82) is 0 Å². The van der Waals surface area contributed by atoms with Crippen LogP contribution in [0.25, 0.3) is 16.3 Å². The Kier molecular flexibility index (Phi) is 4.05. The molecule has 0 fully saturated rings. The molecule has 1 amide bonds. The predicted molar refractivity (Wildman–Crippen MR) is 96.9 cm³/mol. The second-order valence-corrected chi connectivity index (χ2v) is 6.15. The van der Waals surface area contributed by atoms with E-state index in [0.717, 1.165) is 21.9 Å². The fraction of sp³-hybridized carbons (Fsp3) is 0. The maximum absolute atomic E-state index is 12.4. The predicted octanol–water partition coefficient (Wildman–Crippen LogP) is 3.64. The number of nitrogens with one attached hydrogen (secondary N) is 1. The zero-order chi connectivity index (χ0) is 17.1. The lowest BCUT2D eigenvalue weighted by Crippen LogP contribution is -2.11. The number of carbonyl (C=O) groups excluding carboxylic acids is 1. The second kappa shape index (κ2) is 6.66. The summed E-state index contributed by atoms with van der Waals surface area (Å²) in [5, 5.41) is 9.85. The Morgan fingerprint density at radius 3 is 2.48 bits per heavy atom. The largest absolute Gasteiger partial charge is 0.322 e. The third-order valence-corrected chi connectivity index (χ3v) is 4.46. The van der Waals surface area contributed by atoms with Crippen LogP contribution >= 0.6 is 11.3 Å². The molecule has 122 valence electrons. The molecule has 0 unspecified atom stereocenters. The van der Waals surface area contributed by atoms with Gasteiger partial charge in [0.05, 0.1) is 5.69 Å². The Bertz CT molecular complexity index is 962. The summed E-state index contributed by atoms with van der Waals surface area (Å²) in [4.78, 5) is 20.5. The average molecular weight is 347 g/mol. The number of nitrogens with zero attached hydrogens (tertiary/aromatic N) is 4. The average Bonchev–Trinajstić information content (AvgIpc) is 3.36. The minimum Gasteiger partial charge on any atom is -0.322 e. The van der Waals surface area contributed by atoms with Crippen molar-refractivity contribution in [1.82, 2.24) is 19.7 Å². The van der Waals surface area contributed by atoms with E-state index in [1.807, 2.05) is 41.8 Å².